The fourth-order valence-electron chi connectivity index (χ4n) is 21.0. The van der Waals surface area contributed by atoms with Crippen LogP contribution in [0.3, 0.4) is 0 Å². The molecule has 11 aliphatic rings. The number of aliphatic hydroxyl groups is 6. The second-order valence-corrected chi connectivity index (χ2v) is 39.9. The highest BCUT2D eigenvalue weighted by atomic mass is 35.5. The summed E-state index contributed by atoms with van der Waals surface area (Å²) in [6.07, 6.45) is -13.8. The molecule has 15 bridgehead atoms. The lowest BCUT2D eigenvalue weighted by atomic mass is 9.51. The average Bonchev–Trinajstić information content (AvgIpc) is 0.753. The molecule has 20 N–H and O–H groups in total. The topological polar surface area (TPSA) is 553 Å². The number of carbonyl (C=O) groups is 9. The van der Waals surface area contributed by atoms with Crippen molar-refractivity contribution in [3.8, 4) is 74.4 Å². The predicted octanol–water partition coefficient (Wildman–Crippen LogP) is 9.47. The van der Waals surface area contributed by atoms with Crippen molar-refractivity contribution in [3.05, 3.63) is 129 Å². The Hall–Kier alpha value is -10.6. The van der Waals surface area contributed by atoms with Crippen LogP contribution >= 0.6 is 23.2 Å². The van der Waals surface area contributed by atoms with E-state index in [9.17, 15) is 55.5 Å². The maximum Gasteiger partial charge on any atom is 0.325 e. The number of aliphatic hydroxyl groups excluding tert-OH is 6. The minimum atomic E-state index is -2.30. The third kappa shape index (κ3) is 25.3. The van der Waals surface area contributed by atoms with Crippen LogP contribution in [-0.2, 0) is 52.6 Å². The molecule has 7 aliphatic heterocycles. The fourth-order valence-corrected chi connectivity index (χ4v) is 21.4. The van der Waals surface area contributed by atoms with Gasteiger partial charge in [-0.15, -0.1) is 0 Å². The van der Waals surface area contributed by atoms with E-state index in [2.05, 4.69) is 47.9 Å². The smallest absolute Gasteiger partial charge is 0.325 e. The number of urea groups is 1. The molecule has 7 amide bonds. The molecule has 17 rings (SSSR count). The second kappa shape index (κ2) is 47.3. The summed E-state index contributed by atoms with van der Waals surface area (Å²) in [5.74, 6) is -16.3. The summed E-state index contributed by atoms with van der Waals surface area (Å²) in [5, 5.41) is 133. The molecule has 0 radical (unpaired) electrons. The number of fused-ring (bicyclic) bond motifs is 15. The van der Waals surface area contributed by atoms with Gasteiger partial charge < -0.3 is 137 Å². The van der Waals surface area contributed by atoms with Crippen molar-refractivity contribution >= 4 is 81.8 Å². The third-order valence-corrected chi connectivity index (χ3v) is 28.6. The first kappa shape index (κ1) is 106. The Labute approximate surface area is 827 Å². The number of amides is 7. The Morgan fingerprint density at radius 3 is 1.87 bits per heavy atom. The van der Waals surface area contributed by atoms with Crippen molar-refractivity contribution in [2.24, 2.45) is 53.1 Å². The molecular weight excluding hydrogens is 1870 g/mol. The number of rotatable bonds is 34. The molecule has 4 aliphatic carbocycles. The summed E-state index contributed by atoms with van der Waals surface area (Å²) in [4.78, 5) is 143. The van der Waals surface area contributed by atoms with Gasteiger partial charge in [-0.1, -0.05) is 82.9 Å². The van der Waals surface area contributed by atoms with Gasteiger partial charge in [0.1, 0.15) is 96.6 Å². The van der Waals surface area contributed by atoms with Crippen LogP contribution in [0.4, 0.5) is 10.5 Å². The number of phenols is 3. The number of imide groups is 1. The Morgan fingerprint density at radius 2 is 1.26 bits per heavy atom. The molecule has 39 heteroatoms. The fraction of sp³-hybridized carbons (Fsp3) is 0.559. The second-order valence-electron chi connectivity index (χ2n) is 39.1. The van der Waals surface area contributed by atoms with Gasteiger partial charge >= 0.3 is 6.03 Å². The maximum atomic E-state index is 17.0. The molecular formula is C102H132Cl2N10O27. The highest BCUT2D eigenvalue weighted by molar-refractivity contribution is 6.32. The SMILES string of the molecule is CCCNCCOc1cc(NC(=O)NC(=O)C[C@@H]2CC(=O)[C@H](NC(=O)[C@H](CC)CC(C)C)[C@H](O)c3ccc(c(Cl)c3)Oc3cc4cc(c3O[C@@H]3O[C@H](CO)[C@@H](O)[C@H](O)[C@H]3O[C@H]3C[C@](C)(N)[C@H](O)[C@H](C)O3)Oc3ccc(cc3Cl)[C@@H](O)[C@@H]3NC(=O)[C@H](CC(=O)[C@@H]4NC2=O)c2ccc(O)c(c2)-c2c(O)cc(O)cc2[C@@H](C(=O)CC2C4CC5CC(C4)CC2C5)NC3=O)cc(OCCCNCC)c1OCCNCCC. The molecule has 141 heavy (non-hydrogen) atoms. The van der Waals surface area contributed by atoms with Gasteiger partial charge in [-0.2, -0.15) is 0 Å². The number of ketones is 3. The monoisotopic (exact) mass is 2000 g/mol. The van der Waals surface area contributed by atoms with E-state index in [0.717, 1.165) is 75.3 Å². The lowest BCUT2D eigenvalue weighted by molar-refractivity contribution is -0.333. The predicted molar refractivity (Wildman–Crippen MR) is 516 cm³/mol. The molecule has 4 saturated carbocycles. The Balaban J connectivity index is 0.940. The van der Waals surface area contributed by atoms with E-state index in [-0.39, 0.29) is 136 Å². The number of phenolic OH excluding ortho intramolecular Hbond substituents is 3. The highest BCUT2D eigenvalue weighted by Crippen LogP contribution is 2.59. The van der Waals surface area contributed by atoms with Gasteiger partial charge in [-0.05, 0) is 222 Å². The Bertz CT molecular complexity index is 5450. The number of carbonyl (C=O) groups excluding carboxylic acids is 9. The number of nitrogens with one attached hydrogen (secondary N) is 9. The maximum absolute atomic E-state index is 17.0. The van der Waals surface area contributed by atoms with Crippen molar-refractivity contribution in [2.75, 3.05) is 71.0 Å². The molecule has 0 unspecified atom stereocenters. The van der Waals surface area contributed by atoms with Crippen molar-refractivity contribution in [3.63, 3.8) is 0 Å². The normalized spacial score (nSPS) is 28.3. The third-order valence-electron chi connectivity index (χ3n) is 28.0. The molecule has 37 nitrogen and oxygen atoms in total. The number of hydrogen-bond donors (Lipinski definition) is 19. The van der Waals surface area contributed by atoms with Crippen LogP contribution in [0.25, 0.3) is 11.1 Å². The molecule has 7 heterocycles. The quantitative estimate of drug-likeness (QED) is 0.0167. The van der Waals surface area contributed by atoms with Crippen molar-refractivity contribution in [1.82, 2.24) is 42.5 Å². The van der Waals surface area contributed by atoms with Gasteiger partial charge in [-0.3, -0.25) is 43.7 Å². The van der Waals surface area contributed by atoms with Crippen molar-refractivity contribution in [2.45, 2.75) is 249 Å². The number of aromatic hydroxyl groups is 3. The van der Waals surface area contributed by atoms with Crippen molar-refractivity contribution in [1.29, 1.82) is 0 Å². The summed E-state index contributed by atoms with van der Waals surface area (Å²) >= 11 is 14.7. The number of hydrogen-bond acceptors (Lipinski definition) is 31. The zero-order chi connectivity index (χ0) is 101. The molecule has 0 aromatic heterocycles. The number of anilines is 1. The summed E-state index contributed by atoms with van der Waals surface area (Å²) in [5.41, 5.74) is 3.49. The van der Waals surface area contributed by atoms with Crippen LogP contribution < -0.4 is 82.0 Å². The largest absolute Gasteiger partial charge is 0.508 e. The summed E-state index contributed by atoms with van der Waals surface area (Å²) in [6.45, 7) is 17.5. The lowest BCUT2D eigenvalue weighted by Gasteiger charge is -2.54. The van der Waals surface area contributed by atoms with E-state index in [1.54, 1.807) is 6.92 Å². The first-order valence-electron chi connectivity index (χ1n) is 49.0. The van der Waals surface area contributed by atoms with Gasteiger partial charge in [-0.25, -0.2) is 4.79 Å². The highest BCUT2D eigenvalue weighted by Gasteiger charge is 2.54. The number of nitrogens with two attached hydrogens (primary N) is 1. The van der Waals surface area contributed by atoms with Gasteiger partial charge in [0.2, 0.25) is 47.3 Å². The number of ether oxygens (including phenoxy) is 9. The van der Waals surface area contributed by atoms with E-state index in [1.807, 2.05) is 34.6 Å². The molecule has 0 spiro atoms. The van der Waals surface area contributed by atoms with Crippen LogP contribution in [0.1, 0.15) is 210 Å². The zero-order valence-corrected chi connectivity index (χ0v) is 81.8. The first-order chi connectivity index (χ1) is 67.4. The Kier molecular flexibility index (Phi) is 35.6. The lowest BCUT2D eigenvalue weighted by Crippen LogP contribution is -2.64. The average molecular weight is 2000 g/mol. The molecule has 18 atom stereocenters. The van der Waals surface area contributed by atoms with E-state index >= 15 is 33.6 Å². The molecule has 6 aromatic carbocycles. The standard InChI is InChI=1S/C102H132Cl2N10O27/c1-9-20-107-23-26-134-77-42-61(41-76(133-25-13-22-106-12-4)92(77)135-27-24-108-21-10-2)109-101(132)110-81(122)40-60-37-71(119)86(113-96(128)53(11-3)28-49(5)6)88(123)55-15-18-74(67(103)35-55)137-78-38-59-39-79(93(78)141-100-94(91(126)90(125)80(48-115)139-100)140-82-47-102(8,105)95(127)50(7)136-82)138-75-19-16-56(36-68(75)104)89(124)87-99(131)112-85(73(121)45-63-57-30-51-29-52(32-57)33-58(63)31-51)66-43-62(116)44-70(118)83(66)65-34-54(14-17-69(65)117)64(98(130)114-87)46-72(120)84(59)111-97(60)129/h14-19,34-36,38-39,41-44,49-53,57-58,60,63-64,80,82,84-91,94-95,100,106-108,115-118,123-127H,9-13,20-33,37,40,45-48,105H2,1-8H3,(H,111,129)(H,112,131)(H,113,128)(H,114,130)(H2,109,110,122,132)/t50-,51?,52?,53+,57?,58?,60-,63?,64+,80+,82-,84+,85-,86-,87-,88+,89+,90+,91-,94+,95+,100-,102-/m0/s1. The van der Waals surface area contributed by atoms with E-state index in [1.165, 1.54) is 74.5 Å². The van der Waals surface area contributed by atoms with Gasteiger partial charge in [0.15, 0.2) is 52.7 Å². The first-order valence-corrected chi connectivity index (χ1v) is 49.7. The van der Waals surface area contributed by atoms with Gasteiger partial charge in [0, 0.05) is 86.0 Å². The van der Waals surface area contributed by atoms with E-state index in [0.29, 0.717) is 63.9 Å². The summed E-state index contributed by atoms with van der Waals surface area (Å²) in [6, 6.07) is 8.68. The minimum absolute atomic E-state index is 0.0201. The molecule has 2 saturated heterocycles. The van der Waals surface area contributed by atoms with E-state index < -0.39 is 233 Å². The number of Topliss-reactive ketones (excluding diaryl/α,β-unsaturated/α-hetero) is 3. The summed E-state index contributed by atoms with van der Waals surface area (Å²) in [7, 11) is 0. The minimum Gasteiger partial charge on any atom is -0.508 e. The zero-order valence-electron chi connectivity index (χ0n) is 80.3. The molecule has 766 valence electrons. The number of benzene rings is 6. The van der Waals surface area contributed by atoms with E-state index in [4.69, 9.17) is 71.6 Å². The van der Waals surface area contributed by atoms with Crippen LogP contribution in [0.2, 0.25) is 10.0 Å². The molecule has 6 aromatic rings. The van der Waals surface area contributed by atoms with Crippen LogP contribution in [0.15, 0.2) is 91.0 Å². The summed E-state index contributed by atoms with van der Waals surface area (Å²) < 4.78 is 58.6. The van der Waals surface area contributed by atoms with Crippen LogP contribution in [0.5, 0.6) is 63.2 Å². The Morgan fingerprint density at radius 1 is 0.631 bits per heavy atom. The van der Waals surface area contributed by atoms with Gasteiger partial charge in [0.25, 0.3) is 0 Å². The van der Waals surface area contributed by atoms with Crippen molar-refractivity contribution < 1.29 is 132 Å². The van der Waals surface area contributed by atoms with Crippen LogP contribution in [-0.4, -0.2) is 231 Å². The van der Waals surface area contributed by atoms with Gasteiger partial charge in [0.05, 0.1) is 53.0 Å². The molecule has 6 fully saturated rings. The number of halogens is 2. The van der Waals surface area contributed by atoms with Crippen LogP contribution in [0, 0.1) is 47.3 Å².